The van der Waals surface area contributed by atoms with Gasteiger partial charge in [-0.3, -0.25) is 14.3 Å². The molecule has 28 heavy (non-hydrogen) atoms. The van der Waals surface area contributed by atoms with E-state index in [0.717, 1.165) is 13.0 Å². The maximum absolute atomic E-state index is 13.8. The maximum atomic E-state index is 13.8. The summed E-state index contributed by atoms with van der Waals surface area (Å²) in [7, 11) is 3.66. The number of pyridine rings is 1. The first kappa shape index (κ1) is 18.5. The van der Waals surface area contributed by atoms with Gasteiger partial charge in [-0.1, -0.05) is 0 Å². The molecule has 3 aromatic rings. The van der Waals surface area contributed by atoms with Crippen molar-refractivity contribution in [2.75, 3.05) is 32.6 Å². The molecule has 1 saturated heterocycles. The molecule has 7 nitrogen and oxygen atoms in total. The van der Waals surface area contributed by atoms with Gasteiger partial charge in [0.25, 0.3) is 5.56 Å². The zero-order valence-corrected chi connectivity index (χ0v) is 15.8. The van der Waals surface area contributed by atoms with Crippen LogP contribution in [0.5, 0.6) is 0 Å². The fraction of sp³-hybridized carbons (Fsp3) is 0.350. The number of anilines is 2. The van der Waals surface area contributed by atoms with Gasteiger partial charge < -0.3 is 15.0 Å². The molecule has 1 aliphatic heterocycles. The van der Waals surface area contributed by atoms with Crippen LogP contribution in [0, 0.1) is 5.82 Å². The number of likely N-dealkylation sites (tertiary alicyclic amines) is 1. The van der Waals surface area contributed by atoms with E-state index in [1.165, 1.54) is 18.2 Å². The zero-order chi connectivity index (χ0) is 19.7. The summed E-state index contributed by atoms with van der Waals surface area (Å²) in [6.45, 7) is 1.52. The normalized spacial score (nSPS) is 20.4. The van der Waals surface area contributed by atoms with E-state index in [-0.39, 0.29) is 23.1 Å². The molecule has 0 saturated carbocycles. The van der Waals surface area contributed by atoms with Gasteiger partial charge in [0.05, 0.1) is 34.9 Å². The Balaban J connectivity index is 1.89. The Hall–Kier alpha value is -2.84. The fourth-order valence-corrected chi connectivity index (χ4v) is 3.72. The molecule has 8 heteroatoms. The number of aromatic nitrogens is 3. The van der Waals surface area contributed by atoms with E-state index in [9.17, 15) is 9.18 Å². The van der Waals surface area contributed by atoms with Crippen LogP contribution in [0.4, 0.5) is 16.0 Å². The summed E-state index contributed by atoms with van der Waals surface area (Å²) in [5, 5.41) is 3.45. The Bertz CT molecular complexity index is 1040. The molecule has 3 heterocycles. The Labute approximate surface area is 161 Å². The fourth-order valence-electron chi connectivity index (χ4n) is 3.72. The van der Waals surface area contributed by atoms with Gasteiger partial charge in [-0.05, 0) is 43.8 Å². The molecule has 1 fully saturated rings. The summed E-state index contributed by atoms with van der Waals surface area (Å²) in [5.41, 5.74) is 0.870. The molecule has 2 atom stereocenters. The molecule has 4 rings (SSSR count). The van der Waals surface area contributed by atoms with Crippen molar-refractivity contribution < 1.29 is 9.13 Å². The van der Waals surface area contributed by atoms with Crippen molar-refractivity contribution in [2.45, 2.75) is 18.6 Å². The van der Waals surface area contributed by atoms with Gasteiger partial charge in [-0.15, -0.1) is 0 Å². The van der Waals surface area contributed by atoms with Crippen molar-refractivity contribution in [3.63, 3.8) is 0 Å². The minimum atomic E-state index is -0.461. The van der Waals surface area contributed by atoms with Crippen molar-refractivity contribution in [1.29, 1.82) is 0 Å². The Morgan fingerprint density at radius 3 is 2.93 bits per heavy atom. The number of likely N-dealkylation sites (N-methyl/N-ethyl adjacent to an activating group) is 1. The third-order valence-electron chi connectivity index (χ3n) is 5.14. The van der Waals surface area contributed by atoms with Gasteiger partial charge in [-0.2, -0.15) is 0 Å². The third-order valence-corrected chi connectivity index (χ3v) is 5.14. The topological polar surface area (TPSA) is 72.3 Å². The van der Waals surface area contributed by atoms with Crippen LogP contribution in [0.3, 0.4) is 0 Å². The number of piperidine rings is 1. The Morgan fingerprint density at radius 1 is 1.32 bits per heavy atom. The van der Waals surface area contributed by atoms with Crippen molar-refractivity contribution in [3.05, 3.63) is 58.9 Å². The van der Waals surface area contributed by atoms with Crippen LogP contribution in [0.25, 0.3) is 10.9 Å². The molecule has 1 aliphatic rings. The number of nitrogens with one attached hydrogen (secondary N) is 1. The predicted octanol–water partition coefficient (Wildman–Crippen LogP) is 2.57. The summed E-state index contributed by atoms with van der Waals surface area (Å²) in [6, 6.07) is 7.50. The largest absolute Gasteiger partial charge is 0.378 e. The van der Waals surface area contributed by atoms with Crippen molar-refractivity contribution in [3.8, 4) is 0 Å². The number of hydrogen-bond donors (Lipinski definition) is 1. The standard InChI is InChI=1S/C20H22FN5O2/c1-25-9-7-17(18(12-25)28-2)26-19(27)15-10-13(21)5-6-16(15)24-20(26)23-14-4-3-8-22-11-14/h3-6,8,10-11,17-18H,7,9,12H2,1-2H3,(H,23,24)/t17?,18-/m0/s1. The molecule has 0 aliphatic carbocycles. The SMILES string of the molecule is CO[C@H]1CN(C)CCC1n1c(Nc2cccnc2)nc2ccc(F)cc2c1=O. The molecular formula is C20H22FN5O2. The highest BCUT2D eigenvalue weighted by atomic mass is 19.1. The van der Waals surface area contributed by atoms with E-state index in [1.54, 1.807) is 30.1 Å². The molecule has 0 spiro atoms. The van der Waals surface area contributed by atoms with Gasteiger partial charge in [0.1, 0.15) is 5.82 Å². The molecule has 146 valence electrons. The minimum absolute atomic E-state index is 0.182. The smallest absolute Gasteiger partial charge is 0.263 e. The van der Waals surface area contributed by atoms with Gasteiger partial charge in [-0.25, -0.2) is 9.37 Å². The van der Waals surface area contributed by atoms with Crippen molar-refractivity contribution >= 4 is 22.5 Å². The van der Waals surface area contributed by atoms with E-state index >= 15 is 0 Å². The number of nitrogens with zero attached hydrogens (tertiary/aromatic N) is 4. The van der Waals surface area contributed by atoms with E-state index in [4.69, 9.17) is 4.74 Å². The van der Waals surface area contributed by atoms with Crippen molar-refractivity contribution in [2.24, 2.45) is 0 Å². The van der Waals surface area contributed by atoms with Crippen LogP contribution in [0.1, 0.15) is 12.5 Å². The number of halogens is 1. The van der Waals surface area contributed by atoms with Crippen LogP contribution in [0.15, 0.2) is 47.5 Å². The van der Waals surface area contributed by atoms with Gasteiger partial charge in [0.15, 0.2) is 0 Å². The molecule has 0 radical (unpaired) electrons. The Morgan fingerprint density at radius 2 is 2.18 bits per heavy atom. The second kappa shape index (κ2) is 7.65. The number of ether oxygens (including phenoxy) is 1. The lowest BCUT2D eigenvalue weighted by molar-refractivity contribution is 0.00143. The number of hydrogen-bond acceptors (Lipinski definition) is 6. The molecular weight excluding hydrogens is 361 g/mol. The first-order valence-electron chi connectivity index (χ1n) is 9.17. The number of rotatable bonds is 4. The highest BCUT2D eigenvalue weighted by Crippen LogP contribution is 2.28. The average Bonchev–Trinajstić information content (AvgIpc) is 2.70. The van der Waals surface area contributed by atoms with Gasteiger partial charge in [0, 0.05) is 26.4 Å². The average molecular weight is 383 g/mol. The summed E-state index contributed by atoms with van der Waals surface area (Å²) < 4.78 is 21.1. The van der Waals surface area contributed by atoms with E-state index in [2.05, 4.69) is 20.2 Å². The highest BCUT2D eigenvalue weighted by Gasteiger charge is 2.32. The predicted molar refractivity (Wildman–Crippen MR) is 105 cm³/mol. The van der Waals surface area contributed by atoms with E-state index < -0.39 is 5.82 Å². The summed E-state index contributed by atoms with van der Waals surface area (Å²) in [6.07, 6.45) is 3.87. The molecule has 1 unspecified atom stereocenters. The summed E-state index contributed by atoms with van der Waals surface area (Å²) in [4.78, 5) is 24.3. The third kappa shape index (κ3) is 3.48. The van der Waals surface area contributed by atoms with Crippen LogP contribution in [-0.4, -0.2) is 52.8 Å². The lowest BCUT2D eigenvalue weighted by atomic mass is 10.0. The van der Waals surface area contributed by atoms with Crippen molar-refractivity contribution in [1.82, 2.24) is 19.4 Å². The lowest BCUT2D eigenvalue weighted by Gasteiger charge is -2.37. The summed E-state index contributed by atoms with van der Waals surface area (Å²) >= 11 is 0. The second-order valence-electron chi connectivity index (χ2n) is 7.03. The number of fused-ring (bicyclic) bond motifs is 1. The summed E-state index contributed by atoms with van der Waals surface area (Å²) in [5.74, 6) is -0.0636. The zero-order valence-electron chi connectivity index (χ0n) is 15.8. The molecule has 2 aromatic heterocycles. The van der Waals surface area contributed by atoms with Crippen LogP contribution in [0.2, 0.25) is 0 Å². The number of benzene rings is 1. The van der Waals surface area contributed by atoms with Gasteiger partial charge >= 0.3 is 0 Å². The van der Waals surface area contributed by atoms with Crippen LogP contribution < -0.4 is 10.9 Å². The first-order chi connectivity index (χ1) is 13.6. The quantitative estimate of drug-likeness (QED) is 0.747. The monoisotopic (exact) mass is 383 g/mol. The Kier molecular flexibility index (Phi) is 5.06. The number of methoxy groups -OCH3 is 1. The van der Waals surface area contributed by atoms with E-state index in [1.807, 2.05) is 13.1 Å². The molecule has 0 amide bonds. The van der Waals surface area contributed by atoms with Crippen LogP contribution >= 0.6 is 0 Å². The van der Waals surface area contributed by atoms with E-state index in [0.29, 0.717) is 23.7 Å². The first-order valence-corrected chi connectivity index (χ1v) is 9.17. The highest BCUT2D eigenvalue weighted by molar-refractivity contribution is 5.79. The lowest BCUT2D eigenvalue weighted by Crippen LogP contribution is -2.46. The minimum Gasteiger partial charge on any atom is -0.378 e. The van der Waals surface area contributed by atoms with Crippen LogP contribution in [-0.2, 0) is 4.74 Å². The molecule has 1 N–H and O–H groups in total. The maximum Gasteiger partial charge on any atom is 0.263 e. The molecule has 0 bridgehead atoms. The molecule has 1 aromatic carbocycles. The second-order valence-corrected chi connectivity index (χ2v) is 7.03. The van der Waals surface area contributed by atoms with Gasteiger partial charge in [0.2, 0.25) is 5.95 Å².